The predicted molar refractivity (Wildman–Crippen MR) is 82.0 cm³/mol. The van der Waals surface area contributed by atoms with Crippen LogP contribution >= 0.6 is 0 Å². The van der Waals surface area contributed by atoms with Crippen molar-refractivity contribution in [3.8, 4) is 0 Å². The van der Waals surface area contributed by atoms with E-state index in [2.05, 4.69) is 49.7 Å². The number of nitrogens with zero attached hydrogens (tertiary/aromatic N) is 2. The van der Waals surface area contributed by atoms with Gasteiger partial charge in [-0.3, -0.25) is 4.99 Å². The van der Waals surface area contributed by atoms with Gasteiger partial charge in [0.1, 0.15) is 0 Å². The number of ether oxygens (including phenoxy) is 1. The maximum absolute atomic E-state index is 6.30. The first-order chi connectivity index (χ1) is 9.28. The van der Waals surface area contributed by atoms with E-state index in [-0.39, 0.29) is 16.7 Å². The second-order valence-electron chi connectivity index (χ2n) is 6.93. The first kappa shape index (κ1) is 13.4. The Labute approximate surface area is 120 Å². The lowest BCUT2D eigenvalue weighted by Gasteiger charge is -2.44. The zero-order valence-electron chi connectivity index (χ0n) is 12.7. The Morgan fingerprint density at radius 1 is 1.15 bits per heavy atom. The summed E-state index contributed by atoms with van der Waals surface area (Å²) in [5.74, 6) is 0.588. The first-order valence-corrected chi connectivity index (χ1v) is 7.13. The Bertz CT molecular complexity index is 550. The Hall–Kier alpha value is -1.55. The lowest BCUT2D eigenvalue weighted by Crippen LogP contribution is -2.61. The van der Waals surface area contributed by atoms with Crippen molar-refractivity contribution in [2.24, 2.45) is 10.7 Å². The van der Waals surface area contributed by atoms with Crippen LogP contribution in [-0.2, 0) is 4.74 Å². The van der Waals surface area contributed by atoms with Gasteiger partial charge in [-0.2, -0.15) is 0 Å². The highest BCUT2D eigenvalue weighted by Crippen LogP contribution is 2.51. The molecule has 0 amide bonds. The molecule has 0 saturated carbocycles. The Morgan fingerprint density at radius 2 is 1.80 bits per heavy atom. The minimum Gasteiger partial charge on any atom is -0.369 e. The summed E-state index contributed by atoms with van der Waals surface area (Å²) in [6.45, 7) is 9.25. The number of rotatable bonds is 1. The Morgan fingerprint density at radius 3 is 2.35 bits per heavy atom. The molecule has 0 bridgehead atoms. The maximum atomic E-state index is 6.30. The van der Waals surface area contributed by atoms with Gasteiger partial charge in [0.05, 0.1) is 23.3 Å². The molecule has 2 aliphatic heterocycles. The van der Waals surface area contributed by atoms with E-state index in [0.29, 0.717) is 12.5 Å². The summed E-state index contributed by atoms with van der Waals surface area (Å²) in [7, 11) is 0. The fraction of sp³-hybridized carbons (Fsp3) is 0.562. The van der Waals surface area contributed by atoms with Gasteiger partial charge < -0.3 is 15.4 Å². The zero-order chi connectivity index (χ0) is 14.6. The van der Waals surface area contributed by atoms with Crippen molar-refractivity contribution in [2.75, 3.05) is 11.4 Å². The highest BCUT2D eigenvalue weighted by Gasteiger charge is 2.62. The van der Waals surface area contributed by atoms with E-state index in [0.717, 1.165) is 12.1 Å². The summed E-state index contributed by atoms with van der Waals surface area (Å²) >= 11 is 0. The Kier molecular flexibility index (Phi) is 2.67. The Balaban J connectivity index is 2.10. The molecule has 3 rings (SSSR count). The number of aliphatic imine (C=N–C) groups is 1. The van der Waals surface area contributed by atoms with Gasteiger partial charge in [0.15, 0.2) is 5.96 Å². The molecule has 2 N–H and O–H groups in total. The molecule has 1 aromatic rings. The molecule has 1 atom stereocenters. The van der Waals surface area contributed by atoms with Crippen LogP contribution in [0.3, 0.4) is 0 Å². The van der Waals surface area contributed by atoms with E-state index >= 15 is 0 Å². The predicted octanol–water partition coefficient (Wildman–Crippen LogP) is 2.54. The molecular formula is C16H23N3O. The summed E-state index contributed by atoms with van der Waals surface area (Å²) in [6, 6.07) is 10.2. The smallest absolute Gasteiger partial charge is 0.196 e. The second-order valence-corrected chi connectivity index (χ2v) is 6.93. The third kappa shape index (κ3) is 1.74. The third-order valence-electron chi connectivity index (χ3n) is 4.54. The van der Waals surface area contributed by atoms with Crippen LogP contribution < -0.4 is 10.6 Å². The topological polar surface area (TPSA) is 50.8 Å². The van der Waals surface area contributed by atoms with Crippen LogP contribution in [-0.4, -0.2) is 29.2 Å². The first-order valence-electron chi connectivity index (χ1n) is 7.13. The zero-order valence-corrected chi connectivity index (χ0v) is 12.7. The lowest BCUT2D eigenvalue weighted by molar-refractivity contribution is -0.0764. The third-order valence-corrected chi connectivity index (χ3v) is 4.54. The van der Waals surface area contributed by atoms with E-state index < -0.39 is 0 Å². The lowest BCUT2D eigenvalue weighted by atomic mass is 9.78. The molecule has 0 aliphatic carbocycles. The molecule has 1 saturated heterocycles. The van der Waals surface area contributed by atoms with Crippen molar-refractivity contribution in [3.63, 3.8) is 0 Å². The van der Waals surface area contributed by atoms with E-state index in [1.54, 1.807) is 0 Å². The van der Waals surface area contributed by atoms with Gasteiger partial charge in [-0.25, -0.2) is 0 Å². The number of nitrogens with two attached hydrogens (primary N) is 1. The SMILES string of the molecule is CC1(C)CC2(CN=C(N)N2c2ccccc2)C(C)(C)O1. The fourth-order valence-electron chi connectivity index (χ4n) is 3.86. The summed E-state index contributed by atoms with van der Waals surface area (Å²) in [5, 5.41) is 0. The molecule has 1 unspecified atom stereocenters. The van der Waals surface area contributed by atoms with E-state index in [4.69, 9.17) is 10.5 Å². The molecule has 0 aromatic heterocycles. The summed E-state index contributed by atoms with van der Waals surface area (Å²) in [5.41, 5.74) is 6.59. The van der Waals surface area contributed by atoms with Crippen LogP contribution in [0, 0.1) is 0 Å². The number of anilines is 1. The maximum Gasteiger partial charge on any atom is 0.196 e. The molecule has 1 fully saturated rings. The van der Waals surface area contributed by atoms with Gasteiger partial charge in [-0.15, -0.1) is 0 Å². The van der Waals surface area contributed by atoms with Crippen molar-refractivity contribution in [1.29, 1.82) is 0 Å². The number of benzene rings is 1. The van der Waals surface area contributed by atoms with Crippen LogP contribution in [0.2, 0.25) is 0 Å². The molecule has 4 heteroatoms. The van der Waals surface area contributed by atoms with Gasteiger partial charge in [0, 0.05) is 12.1 Å². The average Bonchev–Trinajstić information content (AvgIpc) is 2.75. The monoisotopic (exact) mass is 273 g/mol. The standard InChI is InChI=1S/C16H23N3O/c1-14(2)10-16(15(3,4)20-14)11-18-13(17)19(16)12-8-6-5-7-9-12/h5-9H,10-11H2,1-4H3,(H2,17,18). The highest BCUT2D eigenvalue weighted by molar-refractivity contribution is 5.98. The van der Waals surface area contributed by atoms with Crippen molar-refractivity contribution >= 4 is 11.6 Å². The summed E-state index contributed by atoms with van der Waals surface area (Å²) < 4.78 is 6.30. The molecule has 108 valence electrons. The molecular weight excluding hydrogens is 250 g/mol. The van der Waals surface area contributed by atoms with Gasteiger partial charge in [-0.05, 0) is 39.8 Å². The van der Waals surface area contributed by atoms with Crippen LogP contribution in [0.4, 0.5) is 5.69 Å². The molecule has 0 radical (unpaired) electrons. The van der Waals surface area contributed by atoms with E-state index in [1.807, 2.05) is 18.2 Å². The highest BCUT2D eigenvalue weighted by atomic mass is 16.5. The van der Waals surface area contributed by atoms with Gasteiger partial charge in [0.2, 0.25) is 0 Å². The number of guanidine groups is 1. The van der Waals surface area contributed by atoms with Crippen LogP contribution in [0.5, 0.6) is 0 Å². The fourth-order valence-corrected chi connectivity index (χ4v) is 3.86. The molecule has 2 heterocycles. The van der Waals surface area contributed by atoms with Crippen molar-refractivity contribution in [3.05, 3.63) is 30.3 Å². The van der Waals surface area contributed by atoms with Crippen LogP contribution in [0.1, 0.15) is 34.1 Å². The van der Waals surface area contributed by atoms with Crippen LogP contribution in [0.15, 0.2) is 35.3 Å². The van der Waals surface area contributed by atoms with Crippen molar-refractivity contribution < 1.29 is 4.74 Å². The molecule has 1 aromatic carbocycles. The second kappa shape index (κ2) is 3.98. The van der Waals surface area contributed by atoms with Gasteiger partial charge in [0.25, 0.3) is 0 Å². The molecule has 4 nitrogen and oxygen atoms in total. The van der Waals surface area contributed by atoms with Crippen LogP contribution in [0.25, 0.3) is 0 Å². The van der Waals surface area contributed by atoms with Gasteiger partial charge >= 0.3 is 0 Å². The van der Waals surface area contributed by atoms with Crippen molar-refractivity contribution in [2.45, 2.75) is 50.9 Å². The molecule has 2 aliphatic rings. The minimum atomic E-state index is -0.309. The normalized spacial score (nSPS) is 30.8. The molecule has 20 heavy (non-hydrogen) atoms. The number of hydrogen-bond acceptors (Lipinski definition) is 4. The quantitative estimate of drug-likeness (QED) is 0.855. The molecule has 1 spiro atoms. The largest absolute Gasteiger partial charge is 0.369 e. The number of hydrogen-bond donors (Lipinski definition) is 1. The summed E-state index contributed by atoms with van der Waals surface area (Å²) in [6.07, 6.45) is 0.909. The van der Waals surface area contributed by atoms with E-state index in [1.165, 1.54) is 0 Å². The summed E-state index contributed by atoms with van der Waals surface area (Å²) in [4.78, 5) is 6.70. The minimum absolute atomic E-state index is 0.170. The van der Waals surface area contributed by atoms with Gasteiger partial charge in [-0.1, -0.05) is 18.2 Å². The van der Waals surface area contributed by atoms with Crippen molar-refractivity contribution in [1.82, 2.24) is 0 Å². The number of para-hydroxylation sites is 1. The average molecular weight is 273 g/mol. The van der Waals surface area contributed by atoms with E-state index in [9.17, 15) is 0 Å².